The Morgan fingerprint density at radius 3 is 2.61 bits per heavy atom. The number of aromatic nitrogens is 6. The summed E-state index contributed by atoms with van der Waals surface area (Å²) in [5, 5.41) is 13.2. The fraction of sp³-hybridized carbons (Fsp3) is 0.103. The Hall–Kier alpha value is -4.78. The SMILES string of the molecule is C=C(Nc1cncc(-c2ccc3[nH]nc(-c4cc5c(-c6cccnc6)ccnc5[nH]4)c3c2)c1)C(C)C. The molecular formula is C29H25N7. The molecule has 0 saturated heterocycles. The molecule has 176 valence electrons. The molecule has 0 aliphatic carbocycles. The van der Waals surface area contributed by atoms with E-state index in [0.717, 1.165) is 67.0 Å². The summed E-state index contributed by atoms with van der Waals surface area (Å²) >= 11 is 0. The van der Waals surface area contributed by atoms with Crippen molar-refractivity contribution in [3.63, 3.8) is 0 Å². The van der Waals surface area contributed by atoms with Crippen molar-refractivity contribution in [1.82, 2.24) is 30.1 Å². The summed E-state index contributed by atoms with van der Waals surface area (Å²) in [7, 11) is 0. The van der Waals surface area contributed by atoms with Gasteiger partial charge < -0.3 is 10.3 Å². The molecule has 0 atom stereocenters. The van der Waals surface area contributed by atoms with E-state index in [-0.39, 0.29) is 0 Å². The minimum atomic E-state index is 0.336. The lowest BCUT2D eigenvalue weighted by molar-refractivity contribution is 0.778. The molecule has 36 heavy (non-hydrogen) atoms. The molecule has 0 radical (unpaired) electrons. The van der Waals surface area contributed by atoms with Crippen molar-refractivity contribution < 1.29 is 0 Å². The molecule has 5 heterocycles. The lowest BCUT2D eigenvalue weighted by atomic mass is 10.0. The number of anilines is 1. The van der Waals surface area contributed by atoms with Crippen LogP contribution >= 0.6 is 0 Å². The van der Waals surface area contributed by atoms with Gasteiger partial charge in [0.1, 0.15) is 11.3 Å². The monoisotopic (exact) mass is 471 g/mol. The molecule has 5 aromatic heterocycles. The average molecular weight is 472 g/mol. The van der Waals surface area contributed by atoms with E-state index in [0.29, 0.717) is 5.92 Å². The number of rotatable bonds is 6. The minimum Gasteiger partial charge on any atom is -0.358 e. The molecular weight excluding hydrogens is 446 g/mol. The highest BCUT2D eigenvalue weighted by atomic mass is 15.1. The third-order valence-corrected chi connectivity index (χ3v) is 6.40. The standard InChI is InChI=1S/C29H25N7/c1-17(2)18(3)33-22-11-21(15-31-16-22)19-6-7-26-25(12-19)28(36-35-26)27-13-24-23(8-10-32-29(24)34-27)20-5-4-9-30-14-20/h4-17,33H,3H2,1-2H3,(H,32,34)(H,35,36). The van der Waals surface area contributed by atoms with Crippen LogP contribution in [0.1, 0.15) is 13.8 Å². The Kier molecular flexibility index (Phi) is 5.30. The van der Waals surface area contributed by atoms with Gasteiger partial charge in [-0.1, -0.05) is 32.6 Å². The molecule has 0 aliphatic rings. The number of H-pyrrole nitrogens is 2. The van der Waals surface area contributed by atoms with E-state index in [4.69, 9.17) is 0 Å². The van der Waals surface area contributed by atoms with E-state index in [9.17, 15) is 0 Å². The van der Waals surface area contributed by atoms with Gasteiger partial charge in [-0.25, -0.2) is 4.98 Å². The van der Waals surface area contributed by atoms with E-state index >= 15 is 0 Å². The van der Waals surface area contributed by atoms with Crippen molar-refractivity contribution in [1.29, 1.82) is 0 Å². The molecule has 0 fully saturated rings. The molecule has 0 saturated carbocycles. The van der Waals surface area contributed by atoms with E-state index in [2.05, 4.69) is 92.3 Å². The summed E-state index contributed by atoms with van der Waals surface area (Å²) in [4.78, 5) is 16.7. The van der Waals surface area contributed by atoms with Crippen LogP contribution in [-0.4, -0.2) is 30.1 Å². The molecule has 0 spiro atoms. The van der Waals surface area contributed by atoms with Crippen molar-refractivity contribution in [2.75, 3.05) is 5.32 Å². The Morgan fingerprint density at radius 1 is 0.889 bits per heavy atom. The van der Waals surface area contributed by atoms with E-state index in [1.54, 1.807) is 6.20 Å². The number of hydrogen-bond acceptors (Lipinski definition) is 5. The molecule has 0 bridgehead atoms. The lowest BCUT2D eigenvalue weighted by Gasteiger charge is -2.13. The summed E-state index contributed by atoms with van der Waals surface area (Å²) < 4.78 is 0. The van der Waals surface area contributed by atoms with Gasteiger partial charge in [0.25, 0.3) is 0 Å². The van der Waals surface area contributed by atoms with E-state index in [1.165, 1.54) is 0 Å². The third kappa shape index (κ3) is 3.90. The number of pyridine rings is 3. The molecule has 7 nitrogen and oxygen atoms in total. The summed E-state index contributed by atoms with van der Waals surface area (Å²) in [5.74, 6) is 0.336. The highest BCUT2D eigenvalue weighted by Gasteiger charge is 2.15. The van der Waals surface area contributed by atoms with Crippen LogP contribution in [0.5, 0.6) is 0 Å². The quantitative estimate of drug-likeness (QED) is 0.248. The second kappa shape index (κ2) is 8.78. The predicted molar refractivity (Wildman–Crippen MR) is 145 cm³/mol. The first-order valence-corrected chi connectivity index (χ1v) is 11.8. The van der Waals surface area contributed by atoms with Gasteiger partial charge in [0.15, 0.2) is 0 Å². The zero-order chi connectivity index (χ0) is 24.6. The van der Waals surface area contributed by atoms with Gasteiger partial charge in [0, 0.05) is 52.4 Å². The number of hydrogen-bond donors (Lipinski definition) is 3. The molecule has 3 N–H and O–H groups in total. The normalized spacial score (nSPS) is 11.4. The summed E-state index contributed by atoms with van der Waals surface area (Å²) in [6, 6.07) is 16.5. The van der Waals surface area contributed by atoms with Crippen LogP contribution in [0.25, 0.3) is 55.6 Å². The number of aromatic amines is 2. The molecule has 6 rings (SSSR count). The largest absolute Gasteiger partial charge is 0.358 e. The summed E-state index contributed by atoms with van der Waals surface area (Å²) in [6.07, 6.45) is 9.14. The molecule has 0 amide bonds. The lowest BCUT2D eigenvalue weighted by Crippen LogP contribution is -2.04. The molecule has 1 aromatic carbocycles. The van der Waals surface area contributed by atoms with Crippen LogP contribution in [0.2, 0.25) is 0 Å². The average Bonchev–Trinajstić information content (AvgIpc) is 3.53. The Labute approximate surface area is 208 Å². The number of nitrogens with zero attached hydrogens (tertiary/aromatic N) is 4. The number of fused-ring (bicyclic) bond motifs is 2. The van der Waals surface area contributed by atoms with Crippen molar-refractivity contribution in [3.05, 3.63) is 91.8 Å². The van der Waals surface area contributed by atoms with Gasteiger partial charge in [0.05, 0.1) is 23.1 Å². The second-order valence-electron chi connectivity index (χ2n) is 9.15. The van der Waals surface area contributed by atoms with Crippen LogP contribution in [0.15, 0.2) is 91.8 Å². The summed E-state index contributed by atoms with van der Waals surface area (Å²) in [5.41, 5.74) is 9.60. The van der Waals surface area contributed by atoms with Gasteiger partial charge in [-0.15, -0.1) is 0 Å². The van der Waals surface area contributed by atoms with Gasteiger partial charge >= 0.3 is 0 Å². The smallest absolute Gasteiger partial charge is 0.138 e. The van der Waals surface area contributed by atoms with Crippen LogP contribution in [-0.2, 0) is 0 Å². The van der Waals surface area contributed by atoms with Gasteiger partial charge in [-0.3, -0.25) is 15.1 Å². The maximum Gasteiger partial charge on any atom is 0.138 e. The molecule has 0 aliphatic heterocycles. The minimum absolute atomic E-state index is 0.336. The van der Waals surface area contributed by atoms with Crippen LogP contribution < -0.4 is 5.32 Å². The first-order chi connectivity index (χ1) is 17.6. The number of allylic oxidation sites excluding steroid dienone is 1. The Morgan fingerprint density at radius 2 is 1.78 bits per heavy atom. The van der Waals surface area contributed by atoms with Crippen LogP contribution in [0.3, 0.4) is 0 Å². The van der Waals surface area contributed by atoms with Crippen molar-refractivity contribution in [2.24, 2.45) is 5.92 Å². The van der Waals surface area contributed by atoms with Crippen molar-refractivity contribution in [3.8, 4) is 33.6 Å². The zero-order valence-electron chi connectivity index (χ0n) is 20.1. The number of benzene rings is 1. The summed E-state index contributed by atoms with van der Waals surface area (Å²) in [6.45, 7) is 8.33. The fourth-order valence-electron chi connectivity index (χ4n) is 4.32. The Bertz CT molecular complexity index is 1710. The second-order valence-corrected chi connectivity index (χ2v) is 9.15. The van der Waals surface area contributed by atoms with Crippen molar-refractivity contribution >= 4 is 27.6 Å². The highest BCUT2D eigenvalue weighted by molar-refractivity contribution is 6.00. The molecule has 7 heteroatoms. The molecule has 6 aromatic rings. The number of nitrogens with one attached hydrogen (secondary N) is 3. The third-order valence-electron chi connectivity index (χ3n) is 6.40. The van der Waals surface area contributed by atoms with Gasteiger partial charge in [-0.2, -0.15) is 5.10 Å². The molecule has 0 unspecified atom stereocenters. The van der Waals surface area contributed by atoms with Crippen LogP contribution in [0.4, 0.5) is 5.69 Å². The van der Waals surface area contributed by atoms with Crippen molar-refractivity contribution in [2.45, 2.75) is 13.8 Å². The maximum atomic E-state index is 4.64. The predicted octanol–water partition coefficient (Wildman–Crippen LogP) is 6.81. The topological polar surface area (TPSA) is 95.2 Å². The van der Waals surface area contributed by atoms with E-state index in [1.807, 2.05) is 36.9 Å². The first kappa shape index (κ1) is 21.7. The van der Waals surface area contributed by atoms with Crippen LogP contribution in [0, 0.1) is 5.92 Å². The van der Waals surface area contributed by atoms with E-state index < -0.39 is 0 Å². The maximum absolute atomic E-state index is 4.64. The zero-order valence-corrected chi connectivity index (χ0v) is 20.1. The van der Waals surface area contributed by atoms with Gasteiger partial charge in [0.2, 0.25) is 0 Å². The highest BCUT2D eigenvalue weighted by Crippen LogP contribution is 2.34. The Balaban J connectivity index is 1.41. The fourth-order valence-corrected chi connectivity index (χ4v) is 4.32. The van der Waals surface area contributed by atoms with Gasteiger partial charge in [-0.05, 0) is 53.4 Å². The first-order valence-electron chi connectivity index (χ1n) is 11.8.